The molecule has 8 nitrogen and oxygen atoms in total. The second-order valence-electron chi connectivity index (χ2n) is 7.35. The molecule has 0 amide bonds. The van der Waals surface area contributed by atoms with E-state index >= 15 is 0 Å². The van der Waals surface area contributed by atoms with E-state index in [9.17, 15) is 0 Å². The number of nitrogens with zero attached hydrogens (tertiary/aromatic N) is 3. The van der Waals surface area contributed by atoms with Crippen LogP contribution >= 0.6 is 15.9 Å². The number of likely N-dealkylation sites (tertiary alicyclic amines) is 2. The van der Waals surface area contributed by atoms with Gasteiger partial charge in [0.25, 0.3) is 6.47 Å². The molecule has 4 heterocycles. The molecular formula is C18H35BrCs2N4O4. The van der Waals surface area contributed by atoms with Crippen LogP contribution in [0, 0.1) is 0 Å². The second kappa shape index (κ2) is 21.1. The van der Waals surface area contributed by atoms with Crippen LogP contribution in [0.1, 0.15) is 20.7 Å². The van der Waals surface area contributed by atoms with Gasteiger partial charge in [0.05, 0.1) is 13.2 Å². The van der Waals surface area contributed by atoms with E-state index in [1.165, 1.54) is 65.1 Å². The third-order valence-electron chi connectivity index (χ3n) is 5.61. The molecule has 4 fully saturated rings. The number of carbonyl (C=O) groups excluding carboxylic acids is 1. The largest absolute Gasteiger partial charge is 1.00 e. The van der Waals surface area contributed by atoms with Crippen LogP contribution in [0.25, 0.3) is 0 Å². The van der Waals surface area contributed by atoms with Crippen LogP contribution in [0.15, 0.2) is 0 Å². The molecule has 4 aliphatic heterocycles. The summed E-state index contributed by atoms with van der Waals surface area (Å²) in [6.07, 6.45) is 4.30. The average Bonchev–Trinajstić information content (AvgIpc) is 2.65. The molecule has 29 heavy (non-hydrogen) atoms. The van der Waals surface area contributed by atoms with Crippen LogP contribution < -0.4 is 148 Å². The Hall–Kier alpha value is 3.81. The fourth-order valence-electron chi connectivity index (χ4n) is 3.83. The topological polar surface area (TPSA) is 80.3 Å². The Kier molecular flexibility index (Phi) is 23.9. The first kappa shape index (κ1) is 32.8. The molecule has 0 aromatic rings. The van der Waals surface area contributed by atoms with Gasteiger partial charge in [-0.1, -0.05) is 22.4 Å². The summed E-state index contributed by atoms with van der Waals surface area (Å²) >= 11 is 3.49. The van der Waals surface area contributed by atoms with Gasteiger partial charge in [0.15, 0.2) is 0 Å². The molecule has 11 heteroatoms. The second-order valence-corrected chi connectivity index (χ2v) is 8.14. The molecule has 1 N–H and O–H groups in total. The maximum absolute atomic E-state index is 8.64. The molecule has 0 atom stereocenters. The zero-order valence-corrected chi connectivity index (χ0v) is 32.3. The van der Waals surface area contributed by atoms with Gasteiger partial charge in [0.1, 0.15) is 0 Å². The number of morpholine rings is 1. The van der Waals surface area contributed by atoms with E-state index in [0.29, 0.717) is 0 Å². The van der Waals surface area contributed by atoms with Crippen LogP contribution in [0.3, 0.4) is 0 Å². The van der Waals surface area contributed by atoms with E-state index in [1.807, 2.05) is 0 Å². The fraction of sp³-hybridized carbons (Fsp3) is 0.944. The summed E-state index contributed by atoms with van der Waals surface area (Å²) in [6.45, 7) is 12.9. The van der Waals surface area contributed by atoms with Gasteiger partial charge in [-0.25, -0.2) is 0 Å². The normalized spacial score (nSPS) is 23.4. The molecule has 0 saturated carbocycles. The summed E-state index contributed by atoms with van der Waals surface area (Å²) in [6, 6.07) is 1.70. The summed E-state index contributed by atoms with van der Waals surface area (Å²) in [5, 5.41) is 12.8. The van der Waals surface area contributed by atoms with E-state index in [0.717, 1.165) is 43.7 Å². The van der Waals surface area contributed by atoms with Crippen molar-refractivity contribution in [3.05, 3.63) is 0 Å². The molecule has 4 aliphatic rings. The van der Waals surface area contributed by atoms with Crippen molar-refractivity contribution in [1.29, 1.82) is 0 Å². The van der Waals surface area contributed by atoms with Crippen LogP contribution in [-0.4, -0.2) is 111 Å². The number of piperidine rings is 1. The van der Waals surface area contributed by atoms with E-state index < -0.39 is 0 Å². The van der Waals surface area contributed by atoms with Crippen molar-refractivity contribution in [1.82, 2.24) is 20.0 Å². The van der Waals surface area contributed by atoms with Crippen LogP contribution in [0.4, 0.5) is 0 Å². The molecule has 0 aromatic heterocycles. The SMILES string of the molecule is BrCCN1CC(N2CCCCC2)C1.C1CN(C2CNC2)CCO1.O=CO[O-].[Cs+].[Cs+].[H-]. The first-order valence-electron chi connectivity index (χ1n) is 10.1. The number of alkyl halides is 1. The molecule has 160 valence electrons. The number of hydrogen-bond donors (Lipinski definition) is 1. The predicted molar refractivity (Wildman–Crippen MR) is 107 cm³/mol. The number of rotatable bonds is 5. The molecular weight excluding hydrogens is 682 g/mol. The number of ether oxygens (including phenoxy) is 1. The van der Waals surface area contributed by atoms with Gasteiger partial charge in [0, 0.05) is 63.2 Å². The van der Waals surface area contributed by atoms with Gasteiger partial charge < -0.3 is 21.6 Å². The number of halogens is 1. The molecule has 0 spiro atoms. The predicted octanol–water partition coefficient (Wildman–Crippen LogP) is -6.60. The van der Waals surface area contributed by atoms with Crippen LogP contribution in [0.5, 0.6) is 0 Å². The van der Waals surface area contributed by atoms with Crippen LogP contribution in [0.2, 0.25) is 0 Å². The van der Waals surface area contributed by atoms with Gasteiger partial charge in [-0.2, -0.15) is 0 Å². The zero-order chi connectivity index (χ0) is 19.3. The minimum Gasteiger partial charge on any atom is -1.00 e. The summed E-state index contributed by atoms with van der Waals surface area (Å²) in [5.41, 5.74) is 0. The maximum atomic E-state index is 8.64. The van der Waals surface area contributed by atoms with Crippen molar-refractivity contribution in [2.24, 2.45) is 0 Å². The molecule has 0 radical (unpaired) electrons. The molecule has 4 saturated heterocycles. The monoisotopic (exact) mass is 716 g/mol. The number of nitrogens with one attached hydrogen (secondary N) is 1. The average molecular weight is 717 g/mol. The molecule has 0 bridgehead atoms. The first-order valence-corrected chi connectivity index (χ1v) is 11.2. The molecule has 4 rings (SSSR count). The quantitative estimate of drug-likeness (QED) is 0.130. The van der Waals surface area contributed by atoms with Gasteiger partial charge in [-0.3, -0.25) is 19.5 Å². The fourth-order valence-corrected chi connectivity index (χ4v) is 4.33. The van der Waals surface area contributed by atoms with E-state index in [2.05, 4.69) is 40.8 Å². The Bertz CT molecular complexity index is 402. The minimum absolute atomic E-state index is 0. The Morgan fingerprint density at radius 2 is 1.59 bits per heavy atom. The standard InChI is InChI=1S/C10H19BrN2.C7H14N2O.CH2O3.2Cs.H/c11-4-7-12-8-10(9-12)13-5-2-1-3-6-13;1-3-10-4-2-9(1)7-5-8-6-7;2-1-4-3;;;/h10H,1-9H2;7-8H,1-6H2;1,3H;;;/q;;;2*+1;-1/p-1. The number of hydrogen-bond acceptors (Lipinski definition) is 8. The van der Waals surface area contributed by atoms with Crippen molar-refractivity contribution in [2.45, 2.75) is 31.3 Å². The zero-order valence-electron chi connectivity index (χ0n) is 19.2. The molecule has 0 unspecified atom stereocenters. The Morgan fingerprint density at radius 1 is 1.03 bits per heavy atom. The van der Waals surface area contributed by atoms with Gasteiger partial charge in [-0.05, 0) is 25.9 Å². The van der Waals surface area contributed by atoms with Crippen LogP contribution in [-0.2, 0) is 14.4 Å². The minimum atomic E-state index is -0.181. The first-order chi connectivity index (χ1) is 13.3. The third-order valence-corrected chi connectivity index (χ3v) is 5.96. The summed E-state index contributed by atoms with van der Waals surface area (Å²) in [4.78, 5) is 19.0. The van der Waals surface area contributed by atoms with E-state index in [-0.39, 0.29) is 146 Å². The Labute approximate surface area is 303 Å². The summed E-state index contributed by atoms with van der Waals surface area (Å²) in [5.74, 6) is 0. The van der Waals surface area contributed by atoms with Crippen molar-refractivity contribution < 1.29 is 159 Å². The maximum Gasteiger partial charge on any atom is 1.00 e. The summed E-state index contributed by atoms with van der Waals surface area (Å²) < 4.78 is 5.26. The van der Waals surface area contributed by atoms with E-state index in [4.69, 9.17) is 14.8 Å². The Morgan fingerprint density at radius 3 is 2.03 bits per heavy atom. The van der Waals surface area contributed by atoms with Crippen molar-refractivity contribution in [3.63, 3.8) is 0 Å². The van der Waals surface area contributed by atoms with Crippen molar-refractivity contribution in [3.8, 4) is 0 Å². The molecule has 0 aliphatic carbocycles. The van der Waals surface area contributed by atoms with E-state index in [1.54, 1.807) is 0 Å². The number of carbonyl (C=O) groups is 1. The smallest absolute Gasteiger partial charge is 1.00 e. The molecule has 0 aromatic carbocycles. The Balaban J connectivity index is 0. The van der Waals surface area contributed by atoms with Gasteiger partial charge in [-0.15, -0.1) is 0 Å². The van der Waals surface area contributed by atoms with Crippen molar-refractivity contribution >= 4 is 22.4 Å². The third kappa shape index (κ3) is 13.5. The summed E-state index contributed by atoms with van der Waals surface area (Å²) in [7, 11) is 0. The van der Waals surface area contributed by atoms with Crippen molar-refractivity contribution in [2.75, 3.05) is 77.4 Å². The van der Waals surface area contributed by atoms with Gasteiger partial charge >= 0.3 is 138 Å². The van der Waals surface area contributed by atoms with Gasteiger partial charge in [0.2, 0.25) is 0 Å².